The van der Waals surface area contributed by atoms with Crippen LogP contribution in [0.1, 0.15) is 17.0 Å². The van der Waals surface area contributed by atoms with Crippen LogP contribution < -0.4 is 10.1 Å². The predicted octanol–water partition coefficient (Wildman–Crippen LogP) is 2.84. The molecule has 2 N–H and O–H groups in total. The zero-order valence-corrected chi connectivity index (χ0v) is 12.8. The Morgan fingerprint density at radius 1 is 1.35 bits per heavy atom. The summed E-state index contributed by atoms with van der Waals surface area (Å²) in [5.41, 5.74) is 2.58. The number of aryl methyl sites for hydroxylation is 1. The molecule has 2 aromatic rings. The molecule has 0 atom stereocenters. The Kier molecular flexibility index (Phi) is 5.49. The number of aromatic nitrogens is 2. The van der Waals surface area contributed by atoms with Crippen molar-refractivity contribution in [2.24, 2.45) is 0 Å². The van der Waals surface area contributed by atoms with E-state index in [1.165, 1.54) is 0 Å². The number of benzene rings is 1. The minimum absolute atomic E-state index is 0.0366. The number of alkyl halides is 2. The molecule has 0 unspecified atom stereocenters. The number of anilines is 1. The first-order valence-electron chi connectivity index (χ1n) is 7.04. The lowest BCUT2D eigenvalue weighted by Crippen LogP contribution is -2.09. The highest BCUT2D eigenvalue weighted by molar-refractivity contribution is 5.57. The summed E-state index contributed by atoms with van der Waals surface area (Å²) < 4.78 is 44.2. The van der Waals surface area contributed by atoms with E-state index in [-0.39, 0.29) is 24.6 Å². The summed E-state index contributed by atoms with van der Waals surface area (Å²) in [5.74, 6) is -0.682. The topological polar surface area (TPSA) is 59.3 Å². The van der Waals surface area contributed by atoms with Crippen LogP contribution in [0.2, 0.25) is 0 Å². The summed E-state index contributed by atoms with van der Waals surface area (Å²) in [5, 5.41) is 16.2. The molecule has 5 nitrogen and oxygen atoms in total. The lowest BCUT2D eigenvalue weighted by atomic mass is 10.2. The van der Waals surface area contributed by atoms with E-state index < -0.39 is 12.4 Å². The number of nitrogens with zero attached hydrogens (tertiary/aromatic N) is 2. The number of halogens is 3. The maximum Gasteiger partial charge on any atom is 0.387 e. The first kappa shape index (κ1) is 17.1. The molecule has 126 valence electrons. The van der Waals surface area contributed by atoms with Crippen molar-refractivity contribution in [2.75, 3.05) is 11.9 Å². The van der Waals surface area contributed by atoms with Gasteiger partial charge in [0.15, 0.2) is 0 Å². The highest BCUT2D eigenvalue weighted by atomic mass is 19.3. The Labute approximate surface area is 131 Å². The second-order valence-corrected chi connectivity index (χ2v) is 4.97. The van der Waals surface area contributed by atoms with Crippen LogP contribution >= 0.6 is 0 Å². The normalized spacial score (nSPS) is 11.1. The molecule has 0 aliphatic rings. The molecule has 0 fully saturated rings. The number of aliphatic hydroxyl groups excluding tert-OH is 1. The number of aliphatic hydroxyl groups is 1. The van der Waals surface area contributed by atoms with Crippen molar-refractivity contribution in [3.8, 4) is 5.75 Å². The van der Waals surface area contributed by atoms with Gasteiger partial charge in [-0.1, -0.05) is 0 Å². The molecule has 2 rings (SSSR count). The standard InChI is InChI=1S/C15H18F3N3O2/c1-9-12(10(2)21(20-9)5-6-22)8-19-13-7-11(16)3-4-14(13)23-15(17)18/h3-4,7,15,19,22H,5-6,8H2,1-2H3. The Hall–Kier alpha value is -2.22. The highest BCUT2D eigenvalue weighted by Gasteiger charge is 2.14. The Bertz CT molecular complexity index is 674. The van der Waals surface area contributed by atoms with Crippen LogP contribution in [0.5, 0.6) is 5.75 Å². The smallest absolute Gasteiger partial charge is 0.387 e. The van der Waals surface area contributed by atoms with Crippen LogP contribution in [-0.2, 0) is 13.1 Å². The van der Waals surface area contributed by atoms with Crippen molar-refractivity contribution in [1.82, 2.24) is 9.78 Å². The fraction of sp³-hybridized carbons (Fsp3) is 0.400. The number of nitrogens with one attached hydrogen (secondary N) is 1. The molecule has 1 aromatic heterocycles. The Morgan fingerprint density at radius 3 is 2.74 bits per heavy atom. The maximum atomic E-state index is 13.3. The molecule has 1 heterocycles. The van der Waals surface area contributed by atoms with Gasteiger partial charge in [0.1, 0.15) is 11.6 Å². The minimum Gasteiger partial charge on any atom is -0.433 e. The molecular weight excluding hydrogens is 311 g/mol. The monoisotopic (exact) mass is 329 g/mol. The van der Waals surface area contributed by atoms with Gasteiger partial charge in [0.25, 0.3) is 0 Å². The quantitative estimate of drug-likeness (QED) is 0.820. The van der Waals surface area contributed by atoms with Crippen LogP contribution in [0.15, 0.2) is 18.2 Å². The van der Waals surface area contributed by atoms with Gasteiger partial charge in [-0.3, -0.25) is 4.68 Å². The van der Waals surface area contributed by atoms with E-state index in [2.05, 4.69) is 15.2 Å². The molecule has 8 heteroatoms. The number of ether oxygens (including phenoxy) is 1. The highest BCUT2D eigenvalue weighted by Crippen LogP contribution is 2.28. The van der Waals surface area contributed by atoms with Crippen molar-refractivity contribution in [3.05, 3.63) is 41.0 Å². The van der Waals surface area contributed by atoms with E-state index in [9.17, 15) is 13.2 Å². The zero-order chi connectivity index (χ0) is 17.0. The average Bonchev–Trinajstić information content (AvgIpc) is 2.74. The average molecular weight is 329 g/mol. The molecule has 1 aromatic carbocycles. The largest absolute Gasteiger partial charge is 0.433 e. The van der Waals surface area contributed by atoms with Gasteiger partial charge in [-0.2, -0.15) is 13.9 Å². The second kappa shape index (κ2) is 7.36. The second-order valence-electron chi connectivity index (χ2n) is 4.97. The lowest BCUT2D eigenvalue weighted by Gasteiger charge is -2.13. The van der Waals surface area contributed by atoms with Gasteiger partial charge in [-0.05, 0) is 26.0 Å². The van der Waals surface area contributed by atoms with Crippen LogP contribution in [0.4, 0.5) is 18.9 Å². The van der Waals surface area contributed by atoms with Gasteiger partial charge in [0.2, 0.25) is 0 Å². The molecule has 0 amide bonds. The molecule has 0 radical (unpaired) electrons. The van der Waals surface area contributed by atoms with Crippen molar-refractivity contribution in [1.29, 1.82) is 0 Å². The van der Waals surface area contributed by atoms with Crippen molar-refractivity contribution >= 4 is 5.69 Å². The first-order chi connectivity index (χ1) is 10.9. The van der Waals surface area contributed by atoms with Crippen LogP contribution in [0, 0.1) is 19.7 Å². The van der Waals surface area contributed by atoms with E-state index in [1.54, 1.807) is 11.6 Å². The third-order valence-corrected chi connectivity index (χ3v) is 3.46. The predicted molar refractivity (Wildman–Crippen MR) is 79.1 cm³/mol. The number of hydrogen-bond acceptors (Lipinski definition) is 4. The third kappa shape index (κ3) is 4.16. The van der Waals surface area contributed by atoms with Crippen molar-refractivity contribution in [3.63, 3.8) is 0 Å². The van der Waals surface area contributed by atoms with Gasteiger partial charge < -0.3 is 15.2 Å². The molecule has 0 spiro atoms. The summed E-state index contributed by atoms with van der Waals surface area (Å²) in [6, 6.07) is 3.30. The van der Waals surface area contributed by atoms with Gasteiger partial charge in [0.05, 0.1) is 24.5 Å². The van der Waals surface area contributed by atoms with Gasteiger partial charge in [-0.25, -0.2) is 4.39 Å². The third-order valence-electron chi connectivity index (χ3n) is 3.46. The molecule has 0 saturated carbocycles. The van der Waals surface area contributed by atoms with E-state index in [4.69, 9.17) is 5.11 Å². The summed E-state index contributed by atoms with van der Waals surface area (Å²) >= 11 is 0. The van der Waals surface area contributed by atoms with Crippen LogP contribution in [0.3, 0.4) is 0 Å². The van der Waals surface area contributed by atoms with Crippen molar-refractivity contribution < 1.29 is 23.0 Å². The Balaban J connectivity index is 2.19. The molecule has 0 aliphatic heterocycles. The van der Waals surface area contributed by atoms with Crippen LogP contribution in [0.25, 0.3) is 0 Å². The van der Waals surface area contributed by atoms with Crippen molar-refractivity contribution in [2.45, 2.75) is 33.5 Å². The number of hydrogen-bond donors (Lipinski definition) is 2. The summed E-state index contributed by atoms with van der Waals surface area (Å²) in [7, 11) is 0. The molecule has 0 saturated heterocycles. The number of rotatable bonds is 7. The van der Waals surface area contributed by atoms with E-state index in [0.29, 0.717) is 6.54 Å². The minimum atomic E-state index is -2.99. The Morgan fingerprint density at radius 2 is 2.09 bits per heavy atom. The van der Waals surface area contributed by atoms with Gasteiger partial charge in [0, 0.05) is 23.9 Å². The zero-order valence-electron chi connectivity index (χ0n) is 12.8. The SMILES string of the molecule is Cc1nn(CCO)c(C)c1CNc1cc(F)ccc1OC(F)F. The fourth-order valence-electron chi connectivity index (χ4n) is 2.32. The maximum absolute atomic E-state index is 13.3. The summed E-state index contributed by atoms with van der Waals surface area (Å²) in [6.07, 6.45) is 0. The summed E-state index contributed by atoms with van der Waals surface area (Å²) in [6.45, 7) is 1.26. The first-order valence-corrected chi connectivity index (χ1v) is 7.04. The van der Waals surface area contributed by atoms with Gasteiger partial charge in [-0.15, -0.1) is 0 Å². The lowest BCUT2D eigenvalue weighted by molar-refractivity contribution is -0.0494. The molecule has 0 aliphatic carbocycles. The van der Waals surface area contributed by atoms with E-state index in [0.717, 1.165) is 35.2 Å². The van der Waals surface area contributed by atoms with Crippen LogP contribution in [-0.4, -0.2) is 28.1 Å². The molecule has 0 bridgehead atoms. The molecular formula is C15H18F3N3O2. The summed E-state index contributed by atoms with van der Waals surface area (Å²) in [4.78, 5) is 0. The fourth-order valence-corrected chi connectivity index (χ4v) is 2.32. The van der Waals surface area contributed by atoms with E-state index in [1.807, 2.05) is 6.92 Å². The van der Waals surface area contributed by atoms with E-state index >= 15 is 0 Å². The van der Waals surface area contributed by atoms with Gasteiger partial charge >= 0.3 is 6.61 Å². The molecule has 23 heavy (non-hydrogen) atoms.